The van der Waals surface area contributed by atoms with E-state index in [2.05, 4.69) is 81.5 Å². The van der Waals surface area contributed by atoms with Crippen LogP contribution in [0.5, 0.6) is 0 Å². The van der Waals surface area contributed by atoms with E-state index in [1.165, 1.54) is 231 Å². The molecule has 6 heteroatoms. The molecule has 0 aromatic rings. The zero-order valence-corrected chi connectivity index (χ0v) is 50.8. The van der Waals surface area contributed by atoms with Gasteiger partial charge in [0.05, 0.1) is 0 Å². The van der Waals surface area contributed by atoms with Crippen LogP contribution >= 0.6 is 0 Å². The largest absolute Gasteiger partial charge is 0.462 e. The van der Waals surface area contributed by atoms with Crippen LogP contribution in [0.4, 0.5) is 0 Å². The lowest BCUT2D eigenvalue weighted by Crippen LogP contribution is -2.30. The van der Waals surface area contributed by atoms with Crippen LogP contribution in [0.1, 0.15) is 348 Å². The third-order valence-electron chi connectivity index (χ3n) is 14.7. The van der Waals surface area contributed by atoms with Crippen molar-refractivity contribution in [1.29, 1.82) is 0 Å². The van der Waals surface area contributed by atoms with Gasteiger partial charge in [-0.1, -0.05) is 281 Å². The van der Waals surface area contributed by atoms with Crippen molar-refractivity contribution in [3.8, 4) is 0 Å². The first-order valence-electron chi connectivity index (χ1n) is 33.3. The number of esters is 3. The van der Waals surface area contributed by atoms with Gasteiger partial charge in [0.15, 0.2) is 6.10 Å². The molecule has 0 N–H and O–H groups in total. The number of hydrogen-bond donors (Lipinski definition) is 0. The lowest BCUT2D eigenvalue weighted by atomic mass is 10.1. The Hall–Kier alpha value is -2.89. The monoisotopic (exact) mass is 1060 g/mol. The summed E-state index contributed by atoms with van der Waals surface area (Å²) in [5.41, 5.74) is 0. The Bertz CT molecular complexity index is 1360. The topological polar surface area (TPSA) is 78.9 Å². The van der Waals surface area contributed by atoms with Crippen LogP contribution in [0.15, 0.2) is 60.8 Å². The van der Waals surface area contributed by atoms with Crippen molar-refractivity contribution in [2.45, 2.75) is 354 Å². The van der Waals surface area contributed by atoms with Gasteiger partial charge >= 0.3 is 17.9 Å². The number of carbonyl (C=O) groups excluding carboxylic acids is 3. The summed E-state index contributed by atoms with van der Waals surface area (Å²) in [5, 5.41) is 0. The minimum Gasteiger partial charge on any atom is -0.462 e. The van der Waals surface area contributed by atoms with Crippen LogP contribution in [-0.4, -0.2) is 37.2 Å². The van der Waals surface area contributed by atoms with Gasteiger partial charge in [0, 0.05) is 19.3 Å². The normalized spacial score (nSPS) is 12.4. The van der Waals surface area contributed by atoms with E-state index in [0.29, 0.717) is 19.3 Å². The SMILES string of the molecule is CCCCCC/C=C\C/C=C\CCCCCCCCCC(=O)OCC(COC(=O)CCCCCCCCCCC/C=C\C/C=C\CCCCCCC)OC(=O)CCCCCCCCCCC/C=C\CCCCCCCC. The summed E-state index contributed by atoms with van der Waals surface area (Å²) in [7, 11) is 0. The summed E-state index contributed by atoms with van der Waals surface area (Å²) in [6.45, 7) is 6.65. The molecular weight excluding hydrogens is 937 g/mol. The molecule has 0 rings (SSSR count). The number of allylic oxidation sites excluding steroid dienone is 10. The molecule has 0 fully saturated rings. The van der Waals surface area contributed by atoms with E-state index in [1.54, 1.807) is 0 Å². The molecule has 0 aromatic heterocycles. The molecular formula is C70H126O6. The van der Waals surface area contributed by atoms with Crippen molar-refractivity contribution in [2.75, 3.05) is 13.2 Å². The Kier molecular flexibility index (Phi) is 62.2. The summed E-state index contributed by atoms with van der Waals surface area (Å²) < 4.78 is 17.0. The van der Waals surface area contributed by atoms with Crippen LogP contribution in [-0.2, 0) is 28.6 Å². The third-order valence-corrected chi connectivity index (χ3v) is 14.7. The lowest BCUT2D eigenvalue weighted by molar-refractivity contribution is -0.167. The Morgan fingerprint density at radius 1 is 0.263 bits per heavy atom. The fourth-order valence-electron chi connectivity index (χ4n) is 9.68. The molecule has 0 saturated heterocycles. The molecule has 0 spiro atoms. The minimum atomic E-state index is -0.782. The predicted molar refractivity (Wildman–Crippen MR) is 330 cm³/mol. The highest BCUT2D eigenvalue weighted by atomic mass is 16.6. The van der Waals surface area contributed by atoms with Crippen molar-refractivity contribution in [1.82, 2.24) is 0 Å². The second-order valence-electron chi connectivity index (χ2n) is 22.4. The number of unbranched alkanes of at least 4 members (excludes halogenated alkanes) is 40. The number of carbonyl (C=O) groups is 3. The van der Waals surface area contributed by atoms with Crippen LogP contribution in [0.25, 0.3) is 0 Å². The van der Waals surface area contributed by atoms with Crippen molar-refractivity contribution in [3.63, 3.8) is 0 Å². The highest BCUT2D eigenvalue weighted by Gasteiger charge is 2.19. The van der Waals surface area contributed by atoms with E-state index in [-0.39, 0.29) is 31.1 Å². The minimum absolute atomic E-state index is 0.0779. The maximum atomic E-state index is 12.9. The molecule has 442 valence electrons. The Balaban J connectivity index is 4.37. The molecule has 0 bridgehead atoms. The van der Waals surface area contributed by atoms with Crippen molar-refractivity contribution < 1.29 is 28.6 Å². The molecule has 0 aliphatic rings. The number of hydrogen-bond acceptors (Lipinski definition) is 6. The van der Waals surface area contributed by atoms with Crippen LogP contribution in [0.2, 0.25) is 0 Å². The van der Waals surface area contributed by atoms with Gasteiger partial charge in [0.25, 0.3) is 0 Å². The maximum absolute atomic E-state index is 12.9. The van der Waals surface area contributed by atoms with Gasteiger partial charge < -0.3 is 14.2 Å². The second kappa shape index (κ2) is 64.6. The van der Waals surface area contributed by atoms with E-state index < -0.39 is 6.10 Å². The van der Waals surface area contributed by atoms with E-state index in [9.17, 15) is 14.4 Å². The average Bonchev–Trinajstić information content (AvgIpc) is 3.42. The molecule has 76 heavy (non-hydrogen) atoms. The Labute approximate surface area is 472 Å². The van der Waals surface area contributed by atoms with Gasteiger partial charge in [0.1, 0.15) is 13.2 Å². The summed E-state index contributed by atoms with van der Waals surface area (Å²) in [4.78, 5) is 38.4. The van der Waals surface area contributed by atoms with Gasteiger partial charge in [-0.2, -0.15) is 0 Å². The van der Waals surface area contributed by atoms with Crippen LogP contribution in [0, 0.1) is 0 Å². The first-order chi connectivity index (χ1) is 37.5. The smallest absolute Gasteiger partial charge is 0.306 e. The molecule has 0 heterocycles. The lowest BCUT2D eigenvalue weighted by Gasteiger charge is -2.18. The first-order valence-corrected chi connectivity index (χ1v) is 33.3. The van der Waals surface area contributed by atoms with E-state index >= 15 is 0 Å². The zero-order valence-electron chi connectivity index (χ0n) is 50.8. The van der Waals surface area contributed by atoms with Crippen LogP contribution < -0.4 is 0 Å². The molecule has 0 amide bonds. The first kappa shape index (κ1) is 73.1. The summed E-state index contributed by atoms with van der Waals surface area (Å²) in [6.07, 6.45) is 82.2. The van der Waals surface area contributed by atoms with E-state index in [4.69, 9.17) is 14.2 Å². The van der Waals surface area contributed by atoms with Crippen LogP contribution in [0.3, 0.4) is 0 Å². The molecule has 0 aliphatic heterocycles. The standard InChI is InChI=1S/C70H126O6/c1-4-7-10-13-16-19-22-25-28-31-34-35-37-39-42-45-48-51-54-57-60-63-69(72)75-66-67(65-74-68(71)62-59-56-53-50-47-44-41-38-33-30-27-24-21-18-15-12-9-6-3)76-70(73)64-61-58-55-52-49-46-43-40-36-32-29-26-23-20-17-14-11-8-5-2/h21-22,24-26,29-31,33-34,67H,4-20,23,27-28,32,35-66H2,1-3H3/b24-21-,25-22-,29-26-,33-30-,34-31-. The second-order valence-corrected chi connectivity index (χ2v) is 22.4. The quantitative estimate of drug-likeness (QED) is 0.0261. The average molecular weight is 1060 g/mol. The van der Waals surface area contributed by atoms with Gasteiger partial charge in [-0.25, -0.2) is 0 Å². The molecule has 1 atom stereocenters. The predicted octanol–water partition coefficient (Wildman–Crippen LogP) is 22.7. The number of rotatable bonds is 61. The van der Waals surface area contributed by atoms with Crippen molar-refractivity contribution >= 4 is 17.9 Å². The summed E-state index contributed by atoms with van der Waals surface area (Å²) in [6, 6.07) is 0. The Morgan fingerprint density at radius 3 is 0.750 bits per heavy atom. The zero-order chi connectivity index (χ0) is 55.0. The molecule has 0 aliphatic carbocycles. The highest BCUT2D eigenvalue weighted by Crippen LogP contribution is 2.17. The van der Waals surface area contributed by atoms with E-state index in [0.717, 1.165) is 77.0 Å². The highest BCUT2D eigenvalue weighted by molar-refractivity contribution is 5.71. The summed E-state index contributed by atoms with van der Waals surface area (Å²) >= 11 is 0. The number of ether oxygens (including phenoxy) is 3. The maximum Gasteiger partial charge on any atom is 0.306 e. The van der Waals surface area contributed by atoms with Gasteiger partial charge in [0.2, 0.25) is 0 Å². The summed E-state index contributed by atoms with van der Waals surface area (Å²) in [5.74, 6) is -0.872. The molecule has 0 aromatic carbocycles. The van der Waals surface area contributed by atoms with Crippen molar-refractivity contribution in [2.24, 2.45) is 0 Å². The third kappa shape index (κ3) is 62.0. The molecule has 0 radical (unpaired) electrons. The Morgan fingerprint density at radius 2 is 0.474 bits per heavy atom. The van der Waals surface area contributed by atoms with Gasteiger partial charge in [-0.3, -0.25) is 14.4 Å². The fourth-order valence-corrected chi connectivity index (χ4v) is 9.68. The van der Waals surface area contributed by atoms with Crippen molar-refractivity contribution in [3.05, 3.63) is 60.8 Å². The fraction of sp³-hybridized carbons (Fsp3) is 0.814. The molecule has 0 saturated carbocycles. The van der Waals surface area contributed by atoms with Gasteiger partial charge in [-0.05, 0) is 109 Å². The molecule has 6 nitrogen and oxygen atoms in total. The van der Waals surface area contributed by atoms with Gasteiger partial charge in [-0.15, -0.1) is 0 Å². The van der Waals surface area contributed by atoms with E-state index in [1.807, 2.05) is 0 Å². The molecule has 1 unspecified atom stereocenters.